The van der Waals surface area contributed by atoms with Gasteiger partial charge in [0.05, 0.1) is 18.3 Å². The molecule has 0 spiro atoms. The quantitative estimate of drug-likeness (QED) is 0.155. The fourth-order valence-corrected chi connectivity index (χ4v) is 3.76. The zero-order chi connectivity index (χ0) is 28.7. The van der Waals surface area contributed by atoms with Crippen LogP contribution in [0, 0.1) is 0 Å². The molecule has 1 amide bonds. The first-order chi connectivity index (χ1) is 18.5. The van der Waals surface area contributed by atoms with Crippen LogP contribution in [0.3, 0.4) is 0 Å². The van der Waals surface area contributed by atoms with E-state index in [0.29, 0.717) is 31.4 Å². The van der Waals surface area contributed by atoms with Crippen molar-refractivity contribution in [2.45, 2.75) is 97.2 Å². The maximum absolute atomic E-state index is 12.2. The molecule has 7 heteroatoms. The molecule has 7 nitrogen and oxygen atoms in total. The van der Waals surface area contributed by atoms with Crippen LogP contribution in [0.25, 0.3) is 0 Å². The molecule has 1 heterocycles. The molecule has 1 aromatic rings. The van der Waals surface area contributed by atoms with E-state index >= 15 is 0 Å². The van der Waals surface area contributed by atoms with E-state index in [0.717, 1.165) is 18.4 Å². The zero-order valence-electron chi connectivity index (χ0n) is 23.9. The topological polar surface area (TPSA) is 90.9 Å². The number of ketones is 1. The van der Waals surface area contributed by atoms with Gasteiger partial charge in [0.2, 0.25) is 0 Å². The van der Waals surface area contributed by atoms with Gasteiger partial charge in [0.25, 0.3) is 0 Å². The van der Waals surface area contributed by atoms with Gasteiger partial charge in [-0.25, -0.2) is 9.59 Å². The van der Waals surface area contributed by atoms with Crippen LogP contribution in [0.5, 0.6) is 0 Å². The number of ether oxygens (including phenoxy) is 3. The van der Waals surface area contributed by atoms with Gasteiger partial charge in [-0.05, 0) is 78.0 Å². The third-order valence-corrected chi connectivity index (χ3v) is 5.74. The Morgan fingerprint density at radius 1 is 1.10 bits per heavy atom. The van der Waals surface area contributed by atoms with Gasteiger partial charge in [-0.2, -0.15) is 0 Å². The number of alkyl carbamates (subject to hydrolysis) is 1. The van der Waals surface area contributed by atoms with Gasteiger partial charge in [-0.15, -0.1) is 0 Å². The number of allylic oxidation sites excluding steroid dienone is 4. The number of amides is 1. The van der Waals surface area contributed by atoms with Gasteiger partial charge >= 0.3 is 12.1 Å². The van der Waals surface area contributed by atoms with Crippen molar-refractivity contribution < 1.29 is 28.6 Å². The van der Waals surface area contributed by atoms with E-state index in [4.69, 9.17) is 14.2 Å². The lowest BCUT2D eigenvalue weighted by Crippen LogP contribution is -2.37. The number of nitrogens with one attached hydrogen (secondary N) is 1. The van der Waals surface area contributed by atoms with Crippen LogP contribution in [-0.2, 0) is 30.4 Å². The molecule has 1 aliphatic rings. The van der Waals surface area contributed by atoms with Crippen molar-refractivity contribution >= 4 is 17.8 Å². The van der Waals surface area contributed by atoms with Crippen molar-refractivity contribution in [3.63, 3.8) is 0 Å². The second-order valence-corrected chi connectivity index (χ2v) is 10.7. The highest BCUT2D eigenvalue weighted by molar-refractivity contribution is 5.93. The largest absolute Gasteiger partial charge is 0.455 e. The average molecular weight is 538 g/mol. The first-order valence-electron chi connectivity index (χ1n) is 13.6. The number of esters is 1. The smallest absolute Gasteiger partial charge is 0.407 e. The Bertz CT molecular complexity index is 1050. The monoisotopic (exact) mass is 537 g/mol. The Balaban J connectivity index is 1.78. The van der Waals surface area contributed by atoms with E-state index < -0.39 is 11.7 Å². The van der Waals surface area contributed by atoms with Gasteiger partial charge < -0.3 is 19.5 Å². The second kappa shape index (κ2) is 16.5. The van der Waals surface area contributed by atoms with Crippen molar-refractivity contribution in [1.29, 1.82) is 0 Å². The number of benzene rings is 1. The molecular formula is C32H43NO6. The number of rotatable bonds is 15. The Morgan fingerprint density at radius 3 is 2.51 bits per heavy atom. The molecule has 0 bridgehead atoms. The lowest BCUT2D eigenvalue weighted by atomic mass is 10.1. The maximum Gasteiger partial charge on any atom is 0.407 e. The summed E-state index contributed by atoms with van der Waals surface area (Å²) < 4.78 is 16.5. The minimum atomic E-state index is -0.557. The summed E-state index contributed by atoms with van der Waals surface area (Å²) in [6.07, 6.45) is 15.2. The van der Waals surface area contributed by atoms with Crippen LogP contribution in [0.1, 0.15) is 72.3 Å². The lowest BCUT2D eigenvalue weighted by Gasteiger charge is -2.21. The normalized spacial score (nSPS) is 17.4. The first kappa shape index (κ1) is 31.8. The molecule has 39 heavy (non-hydrogen) atoms. The standard InChI is InChI=1S/C32H43NO6/c1-24(33-31(36)39-32(3,4)5)20-21-28(34)17-10-7-11-18-29(37-23-26-14-8-6-9-15-26)19-13-12-16-27-22-25(2)38-30(27)35/h6-12,14-17,22,24-25,29H,13,18-21,23H2,1-5H3,(H,33,36)/b11-7+,16-12+,17-10+/t24-,25-,29-/m0/s1. The van der Waals surface area contributed by atoms with Crippen molar-refractivity contribution in [3.8, 4) is 0 Å². The summed E-state index contributed by atoms with van der Waals surface area (Å²) in [5, 5.41) is 2.75. The highest BCUT2D eigenvalue weighted by Gasteiger charge is 2.20. The number of cyclic esters (lactones) is 1. The summed E-state index contributed by atoms with van der Waals surface area (Å²) in [5.74, 6) is -0.290. The number of carbonyl (C=O) groups excluding carboxylic acids is 3. The molecule has 0 aromatic heterocycles. The summed E-state index contributed by atoms with van der Waals surface area (Å²) in [6.45, 7) is 9.63. The van der Waals surface area contributed by atoms with Gasteiger partial charge in [0.1, 0.15) is 11.7 Å². The van der Waals surface area contributed by atoms with Crippen molar-refractivity contribution in [2.75, 3.05) is 0 Å². The van der Waals surface area contributed by atoms with E-state index in [9.17, 15) is 14.4 Å². The summed E-state index contributed by atoms with van der Waals surface area (Å²) in [7, 11) is 0. The molecule has 3 atom stereocenters. The molecular weight excluding hydrogens is 494 g/mol. The van der Waals surface area contributed by atoms with E-state index in [1.807, 2.05) is 95.3 Å². The number of carbonyl (C=O) groups is 3. The number of hydrogen-bond acceptors (Lipinski definition) is 6. The van der Waals surface area contributed by atoms with Gasteiger partial charge in [-0.1, -0.05) is 60.7 Å². The molecule has 1 N–H and O–H groups in total. The van der Waals surface area contributed by atoms with E-state index in [-0.39, 0.29) is 30.0 Å². The fraction of sp³-hybridized carbons (Fsp3) is 0.469. The molecule has 0 saturated carbocycles. The Kier molecular flexibility index (Phi) is 13.4. The van der Waals surface area contributed by atoms with Gasteiger partial charge in [0.15, 0.2) is 5.78 Å². The summed E-state index contributed by atoms with van der Waals surface area (Å²) in [4.78, 5) is 35.8. The molecule has 0 aliphatic carbocycles. The van der Waals surface area contributed by atoms with Crippen molar-refractivity contribution in [2.24, 2.45) is 0 Å². The molecule has 0 radical (unpaired) electrons. The number of hydrogen-bond donors (Lipinski definition) is 1. The molecule has 1 aromatic carbocycles. The van der Waals surface area contributed by atoms with Gasteiger partial charge in [-0.3, -0.25) is 4.79 Å². The van der Waals surface area contributed by atoms with Crippen LogP contribution in [0.15, 0.2) is 78.4 Å². The Hall–Kier alpha value is -3.45. The fourth-order valence-electron chi connectivity index (χ4n) is 3.76. The predicted molar refractivity (Wildman–Crippen MR) is 153 cm³/mol. The average Bonchev–Trinajstić information content (AvgIpc) is 3.18. The molecule has 1 aliphatic heterocycles. The minimum absolute atomic E-state index is 0.00596. The maximum atomic E-state index is 12.2. The van der Waals surface area contributed by atoms with Crippen LogP contribution in [0.2, 0.25) is 0 Å². The molecule has 0 saturated heterocycles. The Labute approximate surface area is 233 Å². The Morgan fingerprint density at radius 2 is 1.85 bits per heavy atom. The van der Waals surface area contributed by atoms with Crippen LogP contribution >= 0.6 is 0 Å². The van der Waals surface area contributed by atoms with Crippen LogP contribution < -0.4 is 5.32 Å². The third kappa shape index (κ3) is 14.3. The zero-order valence-corrected chi connectivity index (χ0v) is 23.9. The first-order valence-corrected chi connectivity index (χ1v) is 13.6. The van der Waals surface area contributed by atoms with Crippen LogP contribution in [-0.4, -0.2) is 41.7 Å². The SMILES string of the molecule is C[C@@H](CCC(=O)/C=C/C=C/C[C@@H](CC/C=C/C1=C[C@H](C)OC1=O)OCc1ccccc1)NC(=O)OC(C)(C)C. The summed E-state index contributed by atoms with van der Waals surface area (Å²) >= 11 is 0. The van der Waals surface area contributed by atoms with E-state index in [1.54, 1.807) is 12.2 Å². The molecule has 212 valence electrons. The molecule has 0 fully saturated rings. The van der Waals surface area contributed by atoms with Gasteiger partial charge in [0, 0.05) is 12.5 Å². The lowest BCUT2D eigenvalue weighted by molar-refractivity contribution is -0.138. The third-order valence-electron chi connectivity index (χ3n) is 5.74. The van der Waals surface area contributed by atoms with E-state index in [1.165, 1.54) is 0 Å². The summed E-state index contributed by atoms with van der Waals surface area (Å²) in [6, 6.07) is 9.85. The predicted octanol–water partition coefficient (Wildman–Crippen LogP) is 6.54. The highest BCUT2D eigenvalue weighted by atomic mass is 16.6. The minimum Gasteiger partial charge on any atom is -0.455 e. The highest BCUT2D eigenvalue weighted by Crippen LogP contribution is 2.16. The van der Waals surface area contributed by atoms with Crippen molar-refractivity contribution in [1.82, 2.24) is 5.32 Å². The summed E-state index contributed by atoms with van der Waals surface area (Å²) in [5.41, 5.74) is 1.14. The van der Waals surface area contributed by atoms with E-state index in [2.05, 4.69) is 5.32 Å². The van der Waals surface area contributed by atoms with Crippen LogP contribution in [0.4, 0.5) is 4.79 Å². The second-order valence-electron chi connectivity index (χ2n) is 10.7. The van der Waals surface area contributed by atoms with Crippen molar-refractivity contribution in [3.05, 3.63) is 84.0 Å². The molecule has 0 unspecified atom stereocenters. The molecule has 2 rings (SSSR count).